The topological polar surface area (TPSA) is 41.6 Å². The lowest BCUT2D eigenvalue weighted by atomic mass is 9.56. The summed E-state index contributed by atoms with van der Waals surface area (Å²) in [5.41, 5.74) is 4.16. The van der Waals surface area contributed by atoms with Crippen molar-refractivity contribution >= 4 is 18.0 Å². The maximum atomic E-state index is 12.8. The Bertz CT molecular complexity index is 1250. The average molecular weight is 501 g/mol. The Morgan fingerprint density at radius 2 is 1.83 bits per heavy atom. The molecule has 6 rings (SSSR count). The molecule has 2 saturated heterocycles. The first-order valence-electron chi connectivity index (χ1n) is 13.1. The SMILES string of the molecule is Cc1cc2c(cc1Cl)[C@]1(CCO2)CNC[C@H]1[C@]1(c2ccccc2)C[C@H](c2ccccc2)CCN1C=O. The van der Waals surface area contributed by atoms with Gasteiger partial charge < -0.3 is 15.0 Å². The minimum atomic E-state index is -0.447. The number of amides is 1. The van der Waals surface area contributed by atoms with E-state index in [0.717, 1.165) is 61.6 Å². The van der Waals surface area contributed by atoms with Crippen LogP contribution in [0.5, 0.6) is 5.75 Å². The lowest BCUT2D eigenvalue weighted by molar-refractivity contribution is -0.132. The van der Waals surface area contributed by atoms with E-state index in [1.165, 1.54) is 16.7 Å². The zero-order valence-corrected chi connectivity index (χ0v) is 21.5. The minimum absolute atomic E-state index is 0.172. The highest BCUT2D eigenvalue weighted by atomic mass is 35.5. The van der Waals surface area contributed by atoms with Gasteiger partial charge in [-0.05, 0) is 60.9 Å². The number of piperidine rings is 1. The van der Waals surface area contributed by atoms with E-state index in [1.54, 1.807) is 0 Å². The van der Waals surface area contributed by atoms with Crippen molar-refractivity contribution in [2.24, 2.45) is 5.92 Å². The Labute approximate surface area is 218 Å². The molecule has 2 fully saturated rings. The van der Waals surface area contributed by atoms with E-state index < -0.39 is 5.54 Å². The van der Waals surface area contributed by atoms with Gasteiger partial charge in [-0.3, -0.25) is 4.79 Å². The number of hydrogen-bond acceptors (Lipinski definition) is 3. The second kappa shape index (κ2) is 9.24. The van der Waals surface area contributed by atoms with Crippen LogP contribution in [0.3, 0.4) is 0 Å². The van der Waals surface area contributed by atoms with E-state index in [-0.39, 0.29) is 11.3 Å². The minimum Gasteiger partial charge on any atom is -0.493 e. The molecule has 186 valence electrons. The van der Waals surface area contributed by atoms with Gasteiger partial charge in [-0.15, -0.1) is 0 Å². The number of fused-ring (bicyclic) bond motifs is 2. The predicted octanol–water partition coefficient (Wildman–Crippen LogP) is 5.82. The molecule has 3 aromatic rings. The second-order valence-corrected chi connectivity index (χ2v) is 11.1. The number of benzene rings is 3. The van der Waals surface area contributed by atoms with Crippen molar-refractivity contribution in [3.05, 3.63) is 100 Å². The van der Waals surface area contributed by atoms with Crippen molar-refractivity contribution in [3.8, 4) is 5.75 Å². The van der Waals surface area contributed by atoms with Crippen LogP contribution < -0.4 is 10.1 Å². The summed E-state index contributed by atoms with van der Waals surface area (Å²) < 4.78 is 6.19. The summed E-state index contributed by atoms with van der Waals surface area (Å²) in [6.07, 6.45) is 3.86. The highest BCUT2D eigenvalue weighted by Gasteiger charge is 2.60. The zero-order valence-electron chi connectivity index (χ0n) is 20.8. The number of rotatable bonds is 4. The van der Waals surface area contributed by atoms with E-state index in [2.05, 4.69) is 83.0 Å². The van der Waals surface area contributed by atoms with Gasteiger partial charge in [-0.25, -0.2) is 0 Å². The lowest BCUT2D eigenvalue weighted by Gasteiger charge is -2.56. The van der Waals surface area contributed by atoms with Gasteiger partial charge in [-0.1, -0.05) is 72.3 Å². The van der Waals surface area contributed by atoms with E-state index in [9.17, 15) is 4.79 Å². The number of carbonyl (C=O) groups is 1. The summed E-state index contributed by atoms with van der Waals surface area (Å²) in [4.78, 5) is 14.9. The Morgan fingerprint density at radius 3 is 2.58 bits per heavy atom. The standard InChI is InChI=1S/C31H33ClN2O2/c1-22-16-28-26(17-27(22)32)30(13-15-36-28)20-33-19-29(30)31(25-10-6-3-7-11-25)18-24(12-14-34(31)21-35)23-8-4-2-5-9-23/h2-11,16-17,21,24,29,33H,12-15,18-20H2,1H3/t24-,29-,30+,31-/m1/s1. The summed E-state index contributed by atoms with van der Waals surface area (Å²) in [5.74, 6) is 1.49. The third-order valence-electron chi connectivity index (χ3n) is 9.10. The molecule has 1 N–H and O–H groups in total. The maximum absolute atomic E-state index is 12.8. The van der Waals surface area contributed by atoms with Crippen LogP contribution in [0.2, 0.25) is 5.02 Å². The van der Waals surface area contributed by atoms with Gasteiger partial charge in [0, 0.05) is 41.6 Å². The first-order valence-corrected chi connectivity index (χ1v) is 13.4. The van der Waals surface area contributed by atoms with E-state index in [1.807, 2.05) is 6.92 Å². The van der Waals surface area contributed by atoms with Crippen LogP contribution in [0.1, 0.15) is 47.4 Å². The number of aryl methyl sites for hydroxylation is 1. The van der Waals surface area contributed by atoms with Crippen LogP contribution in [0, 0.1) is 12.8 Å². The molecular formula is C31H33ClN2O2. The molecule has 3 aromatic carbocycles. The van der Waals surface area contributed by atoms with Crippen LogP contribution in [0.4, 0.5) is 0 Å². The smallest absolute Gasteiger partial charge is 0.210 e. The zero-order chi connectivity index (χ0) is 24.8. The van der Waals surface area contributed by atoms with Crippen molar-refractivity contribution in [2.45, 2.75) is 43.1 Å². The molecule has 5 heteroatoms. The Balaban J connectivity index is 1.56. The largest absolute Gasteiger partial charge is 0.493 e. The molecule has 0 radical (unpaired) electrons. The fraction of sp³-hybridized carbons (Fsp3) is 0.387. The number of nitrogens with zero attached hydrogens (tertiary/aromatic N) is 1. The van der Waals surface area contributed by atoms with E-state index >= 15 is 0 Å². The van der Waals surface area contributed by atoms with E-state index in [4.69, 9.17) is 16.3 Å². The quantitative estimate of drug-likeness (QED) is 0.459. The second-order valence-electron chi connectivity index (χ2n) is 10.7. The fourth-order valence-corrected chi connectivity index (χ4v) is 7.53. The Kier molecular flexibility index (Phi) is 6.05. The van der Waals surface area contributed by atoms with Gasteiger partial charge >= 0.3 is 0 Å². The molecule has 3 aliphatic heterocycles. The Morgan fingerprint density at radius 1 is 1.08 bits per heavy atom. The van der Waals surface area contributed by atoms with Crippen LogP contribution in [-0.2, 0) is 15.7 Å². The third kappa shape index (κ3) is 3.57. The van der Waals surface area contributed by atoms with Crippen LogP contribution in [0.25, 0.3) is 0 Å². The summed E-state index contributed by atoms with van der Waals surface area (Å²) in [5, 5.41) is 4.53. The summed E-state index contributed by atoms with van der Waals surface area (Å²) in [7, 11) is 0. The van der Waals surface area contributed by atoms with Crippen LogP contribution in [0.15, 0.2) is 72.8 Å². The molecule has 4 atom stereocenters. The maximum Gasteiger partial charge on any atom is 0.210 e. The fourth-order valence-electron chi connectivity index (χ4n) is 7.37. The number of carbonyl (C=O) groups excluding carboxylic acids is 1. The molecule has 0 unspecified atom stereocenters. The lowest BCUT2D eigenvalue weighted by Crippen LogP contribution is -2.60. The first kappa shape index (κ1) is 23.6. The average Bonchev–Trinajstić information content (AvgIpc) is 3.35. The van der Waals surface area contributed by atoms with Crippen LogP contribution in [-0.4, -0.2) is 37.6 Å². The number of nitrogens with one attached hydrogen (secondary N) is 1. The summed E-state index contributed by atoms with van der Waals surface area (Å²) >= 11 is 6.71. The summed E-state index contributed by atoms with van der Waals surface area (Å²) in [6.45, 7) is 5.13. The highest BCUT2D eigenvalue weighted by Crippen LogP contribution is 2.58. The van der Waals surface area contributed by atoms with Gasteiger partial charge in [0.2, 0.25) is 6.41 Å². The van der Waals surface area contributed by atoms with Crippen molar-refractivity contribution in [1.29, 1.82) is 0 Å². The Hall–Kier alpha value is -2.82. The number of likely N-dealkylation sites (tertiary alicyclic amines) is 1. The third-order valence-corrected chi connectivity index (χ3v) is 9.50. The molecule has 0 saturated carbocycles. The van der Waals surface area contributed by atoms with Crippen LogP contribution >= 0.6 is 11.6 Å². The molecule has 1 amide bonds. The predicted molar refractivity (Wildman–Crippen MR) is 144 cm³/mol. The summed E-state index contributed by atoms with van der Waals surface area (Å²) in [6, 6.07) is 25.8. The van der Waals surface area contributed by atoms with Gasteiger partial charge in [0.15, 0.2) is 0 Å². The highest BCUT2D eigenvalue weighted by molar-refractivity contribution is 6.31. The molecule has 4 nitrogen and oxygen atoms in total. The monoisotopic (exact) mass is 500 g/mol. The molecular weight excluding hydrogens is 468 g/mol. The number of hydrogen-bond donors (Lipinski definition) is 1. The molecule has 3 aliphatic rings. The first-order chi connectivity index (χ1) is 17.6. The molecule has 0 bridgehead atoms. The van der Waals surface area contributed by atoms with Gasteiger partial charge in [0.05, 0.1) is 12.1 Å². The normalized spacial score (nSPS) is 29.6. The molecule has 36 heavy (non-hydrogen) atoms. The van der Waals surface area contributed by atoms with Crippen molar-refractivity contribution in [2.75, 3.05) is 26.2 Å². The van der Waals surface area contributed by atoms with E-state index in [0.29, 0.717) is 12.5 Å². The van der Waals surface area contributed by atoms with Crippen molar-refractivity contribution in [3.63, 3.8) is 0 Å². The van der Waals surface area contributed by atoms with Crippen molar-refractivity contribution in [1.82, 2.24) is 10.2 Å². The number of halogens is 1. The molecule has 1 spiro atoms. The molecule has 0 aromatic heterocycles. The van der Waals surface area contributed by atoms with Gasteiger partial charge in [0.1, 0.15) is 5.75 Å². The van der Waals surface area contributed by atoms with Gasteiger partial charge in [0.25, 0.3) is 0 Å². The molecule has 3 heterocycles. The molecule has 0 aliphatic carbocycles. The number of ether oxygens (including phenoxy) is 1. The van der Waals surface area contributed by atoms with Crippen molar-refractivity contribution < 1.29 is 9.53 Å². The van der Waals surface area contributed by atoms with Gasteiger partial charge in [-0.2, -0.15) is 0 Å².